The maximum Gasteiger partial charge on any atom is 0.335 e. The van der Waals surface area contributed by atoms with Crippen molar-refractivity contribution in [3.8, 4) is 11.1 Å². The standard InChI is InChI=1S/C18H19ClO2/c1-9-10(2)12(4)17(13(5)11(9)3)15-7-6-14(18(20)21)8-16(15)19/h6-8H,1-5H3,(H,20,21). The molecule has 0 atom stereocenters. The molecule has 0 saturated carbocycles. The van der Waals surface area contributed by atoms with E-state index >= 15 is 0 Å². The SMILES string of the molecule is Cc1c(C)c(C)c(-c2ccc(C(=O)O)cc2Cl)c(C)c1C. The van der Waals surface area contributed by atoms with Gasteiger partial charge in [-0.3, -0.25) is 0 Å². The molecule has 0 heterocycles. The fourth-order valence-electron chi connectivity index (χ4n) is 2.75. The Hall–Kier alpha value is -1.80. The zero-order chi connectivity index (χ0) is 15.9. The maximum absolute atomic E-state index is 11.0. The lowest BCUT2D eigenvalue weighted by atomic mass is 9.86. The lowest BCUT2D eigenvalue weighted by Crippen LogP contribution is -2.01. The van der Waals surface area contributed by atoms with Crippen LogP contribution in [0.25, 0.3) is 11.1 Å². The first kappa shape index (κ1) is 15.6. The van der Waals surface area contributed by atoms with E-state index in [0.29, 0.717) is 5.02 Å². The second-order valence-corrected chi connectivity index (χ2v) is 5.91. The summed E-state index contributed by atoms with van der Waals surface area (Å²) >= 11 is 6.33. The number of benzene rings is 2. The summed E-state index contributed by atoms with van der Waals surface area (Å²) in [5.41, 5.74) is 8.41. The third-order valence-corrected chi connectivity index (χ3v) is 4.80. The minimum Gasteiger partial charge on any atom is -0.478 e. The minimum atomic E-state index is -0.965. The van der Waals surface area contributed by atoms with E-state index in [1.807, 2.05) is 0 Å². The summed E-state index contributed by atoms with van der Waals surface area (Å²) in [4.78, 5) is 11.0. The Morgan fingerprint density at radius 1 is 0.905 bits per heavy atom. The van der Waals surface area contributed by atoms with E-state index in [2.05, 4.69) is 34.6 Å². The van der Waals surface area contributed by atoms with E-state index in [0.717, 1.165) is 11.1 Å². The molecule has 0 amide bonds. The molecule has 0 spiro atoms. The molecule has 2 rings (SSSR count). The van der Waals surface area contributed by atoms with Crippen LogP contribution in [0, 0.1) is 34.6 Å². The Balaban J connectivity index is 2.77. The monoisotopic (exact) mass is 302 g/mol. The van der Waals surface area contributed by atoms with Gasteiger partial charge in [0.2, 0.25) is 0 Å². The van der Waals surface area contributed by atoms with E-state index in [-0.39, 0.29) is 5.56 Å². The summed E-state index contributed by atoms with van der Waals surface area (Å²) in [5.74, 6) is -0.965. The van der Waals surface area contributed by atoms with Crippen molar-refractivity contribution >= 4 is 17.6 Å². The van der Waals surface area contributed by atoms with Gasteiger partial charge in [0.1, 0.15) is 0 Å². The van der Waals surface area contributed by atoms with E-state index < -0.39 is 5.97 Å². The van der Waals surface area contributed by atoms with Gasteiger partial charge in [0.05, 0.1) is 5.56 Å². The molecule has 0 unspecified atom stereocenters. The molecule has 0 aliphatic rings. The van der Waals surface area contributed by atoms with Crippen molar-refractivity contribution in [2.24, 2.45) is 0 Å². The summed E-state index contributed by atoms with van der Waals surface area (Å²) < 4.78 is 0. The normalized spacial score (nSPS) is 10.8. The highest BCUT2D eigenvalue weighted by Crippen LogP contribution is 2.37. The first-order valence-corrected chi connectivity index (χ1v) is 7.23. The van der Waals surface area contributed by atoms with Crippen LogP contribution in [-0.2, 0) is 0 Å². The van der Waals surface area contributed by atoms with Crippen molar-refractivity contribution in [3.05, 3.63) is 56.6 Å². The summed E-state index contributed by atoms with van der Waals surface area (Å²) in [5, 5.41) is 9.52. The number of aromatic carboxylic acids is 1. The van der Waals surface area contributed by atoms with Crippen molar-refractivity contribution in [1.29, 1.82) is 0 Å². The van der Waals surface area contributed by atoms with Gasteiger partial charge in [0, 0.05) is 10.6 Å². The number of carbonyl (C=O) groups is 1. The molecule has 2 aromatic rings. The van der Waals surface area contributed by atoms with Gasteiger partial charge < -0.3 is 5.11 Å². The molecule has 3 heteroatoms. The van der Waals surface area contributed by atoms with Gasteiger partial charge in [-0.05, 0) is 80.1 Å². The van der Waals surface area contributed by atoms with Gasteiger partial charge in [-0.1, -0.05) is 17.7 Å². The maximum atomic E-state index is 11.0. The van der Waals surface area contributed by atoms with Crippen LogP contribution in [0.15, 0.2) is 18.2 Å². The lowest BCUT2D eigenvalue weighted by Gasteiger charge is -2.19. The van der Waals surface area contributed by atoms with E-state index in [4.69, 9.17) is 16.7 Å². The quantitative estimate of drug-likeness (QED) is 0.823. The molecule has 21 heavy (non-hydrogen) atoms. The first-order valence-electron chi connectivity index (χ1n) is 6.85. The number of carboxylic acid groups (broad SMARTS) is 1. The fraction of sp³-hybridized carbons (Fsp3) is 0.278. The highest BCUT2D eigenvalue weighted by Gasteiger charge is 2.16. The summed E-state index contributed by atoms with van der Waals surface area (Å²) in [6, 6.07) is 4.92. The molecule has 0 fully saturated rings. The fourth-order valence-corrected chi connectivity index (χ4v) is 3.03. The molecule has 1 N–H and O–H groups in total. The van der Waals surface area contributed by atoms with Gasteiger partial charge in [-0.15, -0.1) is 0 Å². The van der Waals surface area contributed by atoms with E-state index in [9.17, 15) is 4.79 Å². The van der Waals surface area contributed by atoms with Crippen LogP contribution in [0.5, 0.6) is 0 Å². The molecule has 110 valence electrons. The van der Waals surface area contributed by atoms with Gasteiger partial charge in [0.15, 0.2) is 0 Å². The zero-order valence-electron chi connectivity index (χ0n) is 13.0. The average Bonchev–Trinajstić information content (AvgIpc) is 2.44. The van der Waals surface area contributed by atoms with Crippen molar-refractivity contribution in [1.82, 2.24) is 0 Å². The second-order valence-electron chi connectivity index (χ2n) is 5.50. The van der Waals surface area contributed by atoms with E-state index in [1.54, 1.807) is 12.1 Å². The van der Waals surface area contributed by atoms with Gasteiger partial charge in [0.25, 0.3) is 0 Å². The third kappa shape index (κ3) is 2.56. The highest BCUT2D eigenvalue weighted by molar-refractivity contribution is 6.33. The van der Waals surface area contributed by atoms with Crippen molar-refractivity contribution in [2.45, 2.75) is 34.6 Å². The topological polar surface area (TPSA) is 37.3 Å². The Morgan fingerprint density at radius 2 is 1.38 bits per heavy atom. The predicted molar refractivity (Wildman–Crippen MR) is 87.5 cm³/mol. The summed E-state index contributed by atoms with van der Waals surface area (Å²) in [6.45, 7) is 10.5. The van der Waals surface area contributed by atoms with Crippen LogP contribution in [0.3, 0.4) is 0 Å². The average molecular weight is 303 g/mol. The minimum absolute atomic E-state index is 0.208. The molecule has 2 nitrogen and oxygen atoms in total. The molecular formula is C18H19ClO2. The van der Waals surface area contributed by atoms with Crippen LogP contribution in [0.2, 0.25) is 5.02 Å². The van der Waals surface area contributed by atoms with Crippen LogP contribution in [-0.4, -0.2) is 11.1 Å². The Morgan fingerprint density at radius 3 is 1.81 bits per heavy atom. The number of carboxylic acids is 1. The second kappa shape index (κ2) is 5.53. The molecule has 0 radical (unpaired) electrons. The van der Waals surface area contributed by atoms with Gasteiger partial charge in [-0.25, -0.2) is 4.79 Å². The Labute approximate surface area is 130 Å². The number of rotatable bonds is 2. The number of halogens is 1. The first-order chi connectivity index (χ1) is 9.75. The third-order valence-electron chi connectivity index (χ3n) is 4.49. The van der Waals surface area contributed by atoms with Crippen LogP contribution < -0.4 is 0 Å². The summed E-state index contributed by atoms with van der Waals surface area (Å²) in [7, 11) is 0. The van der Waals surface area contributed by atoms with Crippen LogP contribution >= 0.6 is 11.6 Å². The zero-order valence-corrected chi connectivity index (χ0v) is 13.7. The lowest BCUT2D eigenvalue weighted by molar-refractivity contribution is 0.0697. The summed E-state index contributed by atoms with van der Waals surface area (Å²) in [6.07, 6.45) is 0. The number of hydrogen-bond acceptors (Lipinski definition) is 1. The van der Waals surface area contributed by atoms with Crippen molar-refractivity contribution < 1.29 is 9.90 Å². The Kier molecular flexibility index (Phi) is 4.11. The van der Waals surface area contributed by atoms with E-state index in [1.165, 1.54) is 33.9 Å². The largest absolute Gasteiger partial charge is 0.478 e. The molecular weight excluding hydrogens is 284 g/mol. The van der Waals surface area contributed by atoms with Crippen molar-refractivity contribution in [3.63, 3.8) is 0 Å². The van der Waals surface area contributed by atoms with Crippen molar-refractivity contribution in [2.75, 3.05) is 0 Å². The van der Waals surface area contributed by atoms with Gasteiger partial charge >= 0.3 is 5.97 Å². The smallest absolute Gasteiger partial charge is 0.335 e. The molecule has 0 saturated heterocycles. The molecule has 2 aromatic carbocycles. The predicted octanol–water partition coefficient (Wildman–Crippen LogP) is 5.25. The molecule has 0 aromatic heterocycles. The molecule has 0 aliphatic heterocycles. The highest BCUT2D eigenvalue weighted by atomic mass is 35.5. The Bertz CT molecular complexity index is 716. The van der Waals surface area contributed by atoms with Crippen LogP contribution in [0.1, 0.15) is 38.2 Å². The van der Waals surface area contributed by atoms with Crippen LogP contribution in [0.4, 0.5) is 0 Å². The van der Waals surface area contributed by atoms with Gasteiger partial charge in [-0.2, -0.15) is 0 Å². The molecule has 0 bridgehead atoms. The molecule has 0 aliphatic carbocycles. The number of hydrogen-bond donors (Lipinski definition) is 1.